The second kappa shape index (κ2) is 2.95. The third-order valence-corrected chi connectivity index (χ3v) is 2.45. The fraction of sp³-hybridized carbons (Fsp3) is 0.333. The maximum atomic E-state index is 4.30. The zero-order valence-electron chi connectivity index (χ0n) is 7.64. The molecule has 0 bridgehead atoms. The van der Waals surface area contributed by atoms with Crippen LogP contribution in [-0.4, -0.2) is 33.7 Å². The van der Waals surface area contributed by atoms with Gasteiger partial charge in [-0.1, -0.05) is 0 Å². The highest BCUT2D eigenvalue weighted by molar-refractivity contribution is 5.67. The second-order valence-electron chi connectivity index (χ2n) is 3.44. The Morgan fingerprint density at radius 1 is 1.43 bits per heavy atom. The van der Waals surface area contributed by atoms with Crippen molar-refractivity contribution >= 4 is 11.3 Å². The number of nitrogens with one attached hydrogen (secondary N) is 2. The van der Waals surface area contributed by atoms with Gasteiger partial charge in [0.2, 0.25) is 0 Å². The molecular weight excluding hydrogens is 178 g/mol. The predicted octanol–water partition coefficient (Wildman–Crippen LogP) is 0.113. The molecule has 0 atom stereocenters. The van der Waals surface area contributed by atoms with Gasteiger partial charge in [-0.2, -0.15) is 5.10 Å². The molecule has 5 nitrogen and oxygen atoms in total. The van der Waals surface area contributed by atoms with Crippen molar-refractivity contribution in [3.8, 4) is 0 Å². The zero-order valence-corrected chi connectivity index (χ0v) is 7.64. The van der Waals surface area contributed by atoms with Gasteiger partial charge in [-0.25, -0.2) is 9.50 Å². The quantitative estimate of drug-likeness (QED) is 0.704. The van der Waals surface area contributed by atoms with Crippen LogP contribution in [0.1, 0.15) is 0 Å². The van der Waals surface area contributed by atoms with E-state index in [1.165, 1.54) is 0 Å². The van der Waals surface area contributed by atoms with Crippen LogP contribution in [-0.2, 0) is 0 Å². The minimum atomic E-state index is 0.503. The molecule has 0 saturated carbocycles. The lowest BCUT2D eigenvalue weighted by Crippen LogP contribution is -2.51. The van der Waals surface area contributed by atoms with Crippen molar-refractivity contribution in [3.05, 3.63) is 24.7 Å². The highest BCUT2D eigenvalue weighted by Gasteiger charge is 2.17. The zero-order chi connectivity index (χ0) is 9.38. The monoisotopic (exact) mass is 189 g/mol. The molecule has 3 rings (SSSR count). The van der Waals surface area contributed by atoms with Gasteiger partial charge in [-0.15, -0.1) is 0 Å². The first kappa shape index (κ1) is 7.75. The average Bonchev–Trinajstić information content (AvgIpc) is 2.59. The van der Waals surface area contributed by atoms with Gasteiger partial charge < -0.3 is 10.6 Å². The predicted molar refractivity (Wildman–Crippen MR) is 53.3 cm³/mol. The Morgan fingerprint density at radius 2 is 2.36 bits per heavy atom. The van der Waals surface area contributed by atoms with E-state index in [1.807, 2.05) is 16.8 Å². The van der Waals surface area contributed by atoms with Crippen LogP contribution in [0.15, 0.2) is 24.7 Å². The molecule has 0 aliphatic carbocycles. The number of hydrogen-bond acceptors (Lipinski definition) is 4. The Hall–Kier alpha value is -1.62. The maximum Gasteiger partial charge on any atom is 0.152 e. The van der Waals surface area contributed by atoms with E-state index in [0.717, 1.165) is 24.4 Å². The van der Waals surface area contributed by atoms with Gasteiger partial charge in [-0.3, -0.25) is 0 Å². The number of fused-ring (bicyclic) bond motifs is 1. The van der Waals surface area contributed by atoms with Crippen LogP contribution in [0.25, 0.3) is 5.52 Å². The molecule has 0 aromatic carbocycles. The summed E-state index contributed by atoms with van der Waals surface area (Å²) in [5.41, 5.74) is 1.03. The van der Waals surface area contributed by atoms with Crippen LogP contribution >= 0.6 is 0 Å². The molecule has 3 heterocycles. The van der Waals surface area contributed by atoms with Crippen molar-refractivity contribution in [3.63, 3.8) is 0 Å². The number of nitrogens with zero attached hydrogens (tertiary/aromatic N) is 3. The molecule has 0 amide bonds. The minimum Gasteiger partial charge on any atom is -0.363 e. The standard InChI is InChI=1S/C9H11N5/c1-2-12-14-4-3-11-9(8(1)14)13-7-5-10-6-7/h1-4,7,10H,5-6H2,(H,11,13). The number of hydrogen-bond donors (Lipinski definition) is 2. The fourth-order valence-electron chi connectivity index (χ4n) is 1.55. The molecule has 2 N–H and O–H groups in total. The smallest absolute Gasteiger partial charge is 0.152 e. The Morgan fingerprint density at radius 3 is 3.14 bits per heavy atom. The van der Waals surface area contributed by atoms with Gasteiger partial charge >= 0.3 is 0 Å². The van der Waals surface area contributed by atoms with Crippen molar-refractivity contribution in [2.24, 2.45) is 0 Å². The molecule has 1 aliphatic rings. The van der Waals surface area contributed by atoms with Gasteiger partial charge in [-0.05, 0) is 6.07 Å². The second-order valence-corrected chi connectivity index (χ2v) is 3.44. The molecule has 0 unspecified atom stereocenters. The van der Waals surface area contributed by atoms with Crippen molar-refractivity contribution in [2.45, 2.75) is 6.04 Å². The molecule has 2 aromatic rings. The van der Waals surface area contributed by atoms with Crippen LogP contribution in [0.4, 0.5) is 5.82 Å². The van der Waals surface area contributed by atoms with E-state index < -0.39 is 0 Å². The first-order valence-electron chi connectivity index (χ1n) is 4.69. The van der Waals surface area contributed by atoms with Gasteiger partial charge in [0.05, 0.1) is 12.2 Å². The van der Waals surface area contributed by atoms with Crippen molar-refractivity contribution in [1.29, 1.82) is 0 Å². The minimum absolute atomic E-state index is 0.503. The van der Waals surface area contributed by atoms with Gasteiger partial charge in [0.15, 0.2) is 5.82 Å². The third-order valence-electron chi connectivity index (χ3n) is 2.45. The van der Waals surface area contributed by atoms with Crippen molar-refractivity contribution in [2.75, 3.05) is 18.4 Å². The summed E-state index contributed by atoms with van der Waals surface area (Å²) in [6, 6.07) is 2.46. The molecule has 0 spiro atoms. The first-order chi connectivity index (χ1) is 6.93. The van der Waals surface area contributed by atoms with Crippen LogP contribution in [0.2, 0.25) is 0 Å². The van der Waals surface area contributed by atoms with Crippen molar-refractivity contribution in [1.82, 2.24) is 19.9 Å². The number of anilines is 1. The molecule has 14 heavy (non-hydrogen) atoms. The molecule has 0 radical (unpaired) electrons. The van der Waals surface area contributed by atoms with Gasteiger partial charge in [0.25, 0.3) is 0 Å². The summed E-state index contributed by atoms with van der Waals surface area (Å²) in [6.07, 6.45) is 5.38. The Labute approximate surface area is 81.1 Å². The third kappa shape index (κ3) is 1.13. The molecule has 72 valence electrons. The summed E-state index contributed by atoms with van der Waals surface area (Å²) in [4.78, 5) is 4.30. The molecule has 5 heteroatoms. The van der Waals surface area contributed by atoms with Gasteiger partial charge in [0.1, 0.15) is 5.52 Å². The summed E-state index contributed by atoms with van der Waals surface area (Å²) < 4.78 is 1.82. The molecule has 2 aromatic heterocycles. The van der Waals surface area contributed by atoms with E-state index in [4.69, 9.17) is 0 Å². The van der Waals surface area contributed by atoms with E-state index in [2.05, 4.69) is 20.7 Å². The van der Waals surface area contributed by atoms with Crippen molar-refractivity contribution < 1.29 is 0 Å². The molecule has 1 saturated heterocycles. The van der Waals surface area contributed by atoms with Crippen LogP contribution in [0, 0.1) is 0 Å². The highest BCUT2D eigenvalue weighted by Crippen LogP contribution is 2.14. The summed E-state index contributed by atoms with van der Waals surface area (Å²) >= 11 is 0. The summed E-state index contributed by atoms with van der Waals surface area (Å²) in [6.45, 7) is 2.02. The van der Waals surface area contributed by atoms with Crippen LogP contribution in [0.5, 0.6) is 0 Å². The largest absolute Gasteiger partial charge is 0.363 e. The SMILES string of the molecule is c1cn2nccc2c(NC2CNC2)n1. The first-order valence-corrected chi connectivity index (χ1v) is 4.69. The fourth-order valence-corrected chi connectivity index (χ4v) is 1.55. The Balaban J connectivity index is 1.97. The Bertz CT molecular complexity index is 445. The highest BCUT2D eigenvalue weighted by atomic mass is 15.2. The molecular formula is C9H11N5. The normalized spacial score (nSPS) is 16.9. The van der Waals surface area contributed by atoms with Crippen LogP contribution in [0.3, 0.4) is 0 Å². The number of aromatic nitrogens is 3. The lowest BCUT2D eigenvalue weighted by molar-refractivity contribution is 0.471. The molecule has 1 fully saturated rings. The van der Waals surface area contributed by atoms with E-state index >= 15 is 0 Å². The lowest BCUT2D eigenvalue weighted by atomic mass is 10.2. The summed E-state index contributed by atoms with van der Waals surface area (Å²) in [5, 5.41) is 10.7. The van der Waals surface area contributed by atoms with Gasteiger partial charge in [0, 0.05) is 25.5 Å². The molecule has 1 aliphatic heterocycles. The topological polar surface area (TPSA) is 54.2 Å². The van der Waals surface area contributed by atoms with Crippen LogP contribution < -0.4 is 10.6 Å². The Kier molecular flexibility index (Phi) is 1.63. The maximum absolute atomic E-state index is 4.30. The average molecular weight is 189 g/mol. The summed E-state index contributed by atoms with van der Waals surface area (Å²) in [5.74, 6) is 0.913. The van der Waals surface area contributed by atoms with E-state index in [-0.39, 0.29) is 0 Å². The van der Waals surface area contributed by atoms with E-state index in [9.17, 15) is 0 Å². The number of rotatable bonds is 2. The van der Waals surface area contributed by atoms with E-state index in [0.29, 0.717) is 6.04 Å². The summed E-state index contributed by atoms with van der Waals surface area (Å²) in [7, 11) is 0. The lowest BCUT2D eigenvalue weighted by Gasteiger charge is -2.28. The van der Waals surface area contributed by atoms with E-state index in [1.54, 1.807) is 12.4 Å².